The van der Waals surface area contributed by atoms with Crippen LogP contribution in [0.3, 0.4) is 0 Å². The highest BCUT2D eigenvalue weighted by atomic mass is 35.5. The number of aromatic nitrogens is 6. The van der Waals surface area contributed by atoms with E-state index in [4.69, 9.17) is 107 Å². The smallest absolute Gasteiger partial charge is 0.322 e. The normalized spacial score (nSPS) is 13.8. The van der Waals surface area contributed by atoms with Gasteiger partial charge in [-0.15, -0.1) is 0 Å². The van der Waals surface area contributed by atoms with Gasteiger partial charge in [-0.2, -0.15) is 29.9 Å². The number of epoxide rings is 3. The van der Waals surface area contributed by atoms with Crippen LogP contribution in [0, 0.1) is 0 Å². The van der Waals surface area contributed by atoms with Crippen molar-refractivity contribution in [3.63, 3.8) is 0 Å². The fourth-order valence-electron chi connectivity index (χ4n) is 10.6. The van der Waals surface area contributed by atoms with Gasteiger partial charge in [0.15, 0.2) is 0 Å². The zero-order chi connectivity index (χ0) is 84.7. The van der Waals surface area contributed by atoms with E-state index in [9.17, 15) is 0 Å². The third-order valence-electron chi connectivity index (χ3n) is 18.1. The number of aliphatic hydroxyl groups is 3. The van der Waals surface area contributed by atoms with E-state index in [1.165, 1.54) is 44.5 Å². The van der Waals surface area contributed by atoms with Crippen LogP contribution in [0.1, 0.15) is 172 Å². The first-order chi connectivity index (χ1) is 56.7. The SMILES string of the molecule is CC1CO1.CC1CO1.CC1CO1.CCc1ccc(C(=NCCO)c2ccc(CC)cc2)cc1.CCc1ccc(C(=NCCO)c2ccc(CC)cc2)cc1.CCc1ccc(C(=NCCOC(C)CO)c2ccc(CC)cc2)cc1.CCc1ccc(C(=NCCOc2nc(Cl)nc(Cl)n2)c2ccc(CC)cc2)cc1.Clc1nc(Cl)nc(Cl)n1. The molecule has 0 saturated carbocycles. The molecule has 23 heteroatoms. The van der Waals surface area contributed by atoms with Gasteiger partial charge in [-0.05, 0) is 182 Å². The van der Waals surface area contributed by atoms with Crippen molar-refractivity contribution in [3.8, 4) is 6.01 Å². The molecule has 0 aliphatic carbocycles. The standard InChI is InChI=1S/C22H22Cl2N4O.C22H29NO2.2C19H23NO.C3Cl3N3.3C3H6O/c1-3-15-5-9-17(10-6-15)19(18-11-7-16(4-2)8-12-18)25-13-14-29-22-27-20(23)26-21(24)28-22;1-4-18-6-10-20(11-7-18)22(23-14-15-25-17(3)16-24)21-12-8-19(5-2)9-13-21;2*1-3-15-5-9-17(10-6-15)19(20-13-14-21)18-11-7-16(4-2)8-12-18;4-1-7-2(5)9-3(6)8-1;3*1-3-2-4-3/h5-12H,3-4,13-14H2,1-2H3;6-13,17,24H,4-5,14-16H2,1-3H3;2*5-12,21H,3-4,13-14H2,1-2H3;;3*3H,2H2,1H3. The Kier molecular flexibility index (Phi) is 45.9. The van der Waals surface area contributed by atoms with E-state index in [-0.39, 0.29) is 58.4 Å². The number of ether oxygens (including phenoxy) is 5. The van der Waals surface area contributed by atoms with Crippen molar-refractivity contribution in [1.82, 2.24) is 29.9 Å². The molecular formula is C94H115Cl5N10O8. The molecule has 3 aliphatic heterocycles. The first-order valence-corrected chi connectivity index (χ1v) is 42.2. The van der Waals surface area contributed by atoms with E-state index < -0.39 is 0 Å². The largest absolute Gasteiger partial charge is 0.461 e. The summed E-state index contributed by atoms with van der Waals surface area (Å²) in [5.74, 6) is 0. The summed E-state index contributed by atoms with van der Waals surface area (Å²) < 4.78 is 25.2. The Bertz CT molecular complexity index is 4170. The Morgan fingerprint density at radius 3 is 0.675 bits per heavy atom. The fourth-order valence-corrected chi connectivity index (χ4v) is 11.6. The molecule has 0 radical (unpaired) electrons. The number of aryl methyl sites for hydroxylation is 8. The molecule has 3 fully saturated rings. The molecule has 18 nitrogen and oxygen atoms in total. The number of rotatable bonds is 29. The lowest BCUT2D eigenvalue weighted by atomic mass is 9.99. The predicted octanol–water partition coefficient (Wildman–Crippen LogP) is 19.6. The molecule has 0 spiro atoms. The molecule has 4 unspecified atom stereocenters. The average molecular weight is 1690 g/mol. The third kappa shape index (κ3) is 38.4. The van der Waals surface area contributed by atoms with Gasteiger partial charge in [0.25, 0.3) is 0 Å². The lowest BCUT2D eigenvalue weighted by molar-refractivity contribution is 0.0296. The number of benzene rings is 8. The maximum absolute atomic E-state index is 9.07. The molecule has 8 aromatic carbocycles. The van der Waals surface area contributed by atoms with Crippen LogP contribution in [0.2, 0.25) is 26.4 Å². The van der Waals surface area contributed by atoms with Gasteiger partial charge < -0.3 is 39.0 Å². The summed E-state index contributed by atoms with van der Waals surface area (Å²) in [4.78, 5) is 40.6. The summed E-state index contributed by atoms with van der Waals surface area (Å²) in [6.07, 6.45) is 9.82. The van der Waals surface area contributed by atoms with Crippen molar-refractivity contribution in [3.05, 3.63) is 310 Å². The maximum atomic E-state index is 9.07. The van der Waals surface area contributed by atoms with Crippen molar-refractivity contribution >= 4 is 80.9 Å². The number of aliphatic hydroxyl groups excluding tert-OH is 3. The molecule has 5 heterocycles. The molecule has 10 aromatic rings. The van der Waals surface area contributed by atoms with Gasteiger partial charge >= 0.3 is 6.01 Å². The number of halogens is 5. The second-order valence-corrected chi connectivity index (χ2v) is 28.9. The van der Waals surface area contributed by atoms with Crippen LogP contribution >= 0.6 is 58.0 Å². The monoisotopic (exact) mass is 1690 g/mol. The summed E-state index contributed by atoms with van der Waals surface area (Å²) in [6.45, 7) is 31.0. The first kappa shape index (κ1) is 97.3. The quantitative estimate of drug-likeness (QED) is 0.0224. The second-order valence-electron chi connectivity index (χ2n) is 27.2. The number of nitrogens with zero attached hydrogens (tertiary/aromatic N) is 10. The van der Waals surface area contributed by atoms with Crippen LogP contribution in [0.5, 0.6) is 6.01 Å². The molecule has 3 N–H and O–H groups in total. The Labute approximate surface area is 718 Å². The van der Waals surface area contributed by atoms with Gasteiger partial charge in [-0.1, -0.05) is 250 Å². The molecule has 4 atom stereocenters. The Hall–Kier alpha value is -8.57. The molecule has 0 amide bonds. The highest BCUT2D eigenvalue weighted by Crippen LogP contribution is 2.22. The first-order valence-electron chi connectivity index (χ1n) is 40.3. The van der Waals surface area contributed by atoms with Crippen LogP contribution in [-0.4, -0.2) is 172 Å². The molecule has 0 bridgehead atoms. The van der Waals surface area contributed by atoms with Crippen LogP contribution in [0.25, 0.3) is 0 Å². The van der Waals surface area contributed by atoms with Crippen LogP contribution < -0.4 is 4.74 Å². The van der Waals surface area contributed by atoms with Gasteiger partial charge in [-0.3, -0.25) is 20.0 Å². The molecule has 117 heavy (non-hydrogen) atoms. The topological polar surface area (TPSA) is 244 Å². The minimum Gasteiger partial charge on any atom is -0.461 e. The summed E-state index contributed by atoms with van der Waals surface area (Å²) in [5.41, 5.74) is 23.1. The minimum atomic E-state index is -0.147. The summed E-state index contributed by atoms with van der Waals surface area (Å²) >= 11 is 27.5. The second kappa shape index (κ2) is 55.2. The lowest BCUT2D eigenvalue weighted by Gasteiger charge is -2.11. The van der Waals surface area contributed by atoms with Crippen molar-refractivity contribution in [2.45, 2.75) is 159 Å². The van der Waals surface area contributed by atoms with Gasteiger partial charge in [0.2, 0.25) is 26.4 Å². The minimum absolute atomic E-state index is 0.000000000000000444. The van der Waals surface area contributed by atoms with Crippen LogP contribution in [0.4, 0.5) is 0 Å². The van der Waals surface area contributed by atoms with Gasteiger partial charge in [0, 0.05) is 44.5 Å². The van der Waals surface area contributed by atoms with Gasteiger partial charge in [0.05, 0.1) is 120 Å². The number of aliphatic imine (C=N–C) groups is 4. The van der Waals surface area contributed by atoms with Gasteiger partial charge in [-0.25, -0.2) is 0 Å². The summed E-state index contributed by atoms with van der Waals surface area (Å²) in [7, 11) is 0. The average Bonchev–Trinajstić information content (AvgIpc) is 1.76. The molecule has 624 valence electrons. The number of hydrogen-bond donors (Lipinski definition) is 3. The Balaban J connectivity index is 0.000000224. The van der Waals surface area contributed by atoms with E-state index in [0.717, 1.165) is 139 Å². The van der Waals surface area contributed by atoms with Crippen LogP contribution in [0.15, 0.2) is 214 Å². The Morgan fingerprint density at radius 1 is 0.325 bits per heavy atom. The zero-order valence-electron chi connectivity index (χ0n) is 69.7. The zero-order valence-corrected chi connectivity index (χ0v) is 73.5. The summed E-state index contributed by atoms with van der Waals surface area (Å²) in [6, 6.07) is 68.3. The van der Waals surface area contributed by atoms with Crippen molar-refractivity contribution in [2.75, 3.05) is 79.0 Å². The highest BCUT2D eigenvalue weighted by Gasteiger charge is 2.16. The van der Waals surface area contributed by atoms with E-state index in [1.807, 2.05) is 6.92 Å². The highest BCUT2D eigenvalue weighted by molar-refractivity contribution is 6.33. The Morgan fingerprint density at radius 2 is 0.504 bits per heavy atom. The van der Waals surface area contributed by atoms with E-state index in [0.29, 0.717) is 57.7 Å². The molecule has 2 aromatic heterocycles. The van der Waals surface area contributed by atoms with E-state index in [2.05, 4.69) is 310 Å². The van der Waals surface area contributed by atoms with Crippen molar-refractivity contribution in [1.29, 1.82) is 0 Å². The van der Waals surface area contributed by atoms with Crippen molar-refractivity contribution < 1.29 is 39.0 Å². The van der Waals surface area contributed by atoms with Gasteiger partial charge in [0.1, 0.15) is 6.61 Å². The van der Waals surface area contributed by atoms with Crippen LogP contribution in [-0.2, 0) is 70.3 Å². The fraction of sp³-hybridized carbons (Fsp3) is 0.383. The van der Waals surface area contributed by atoms with Crippen molar-refractivity contribution in [2.24, 2.45) is 20.0 Å². The molecule has 13 rings (SSSR count). The molecule has 3 saturated heterocycles. The van der Waals surface area contributed by atoms with E-state index >= 15 is 0 Å². The predicted molar refractivity (Wildman–Crippen MR) is 482 cm³/mol. The molecule has 3 aliphatic rings. The maximum Gasteiger partial charge on any atom is 0.322 e. The third-order valence-corrected chi connectivity index (χ3v) is 18.9. The lowest BCUT2D eigenvalue weighted by Crippen LogP contribution is -2.15. The number of hydrogen-bond acceptors (Lipinski definition) is 18. The van der Waals surface area contributed by atoms with E-state index in [1.54, 1.807) is 0 Å². The summed E-state index contributed by atoms with van der Waals surface area (Å²) in [5, 5.41) is 27.2. The molecular weight excluding hydrogens is 1570 g/mol.